The van der Waals surface area contributed by atoms with Crippen LogP contribution < -0.4 is 20.5 Å². The SMILES string of the molecule is c1ccc(-c2ccc(N(c3cccc4ccccc34)c3ccc(-c4ccc5c(c4)C4(c6ccccc6Sc6ccccc64)c4ccccc4[Si]5c4ccccc4)c4ccccc34)cc2)cc1. The highest BCUT2D eigenvalue weighted by atomic mass is 32.2. The topological polar surface area (TPSA) is 3.24 Å². The Morgan fingerprint density at radius 2 is 0.894 bits per heavy atom. The molecule has 0 fully saturated rings. The lowest BCUT2D eigenvalue weighted by molar-refractivity contribution is 0.708. The van der Waals surface area contributed by atoms with Gasteiger partial charge in [-0.1, -0.05) is 229 Å². The molecule has 0 atom stereocenters. The van der Waals surface area contributed by atoms with Crippen LogP contribution in [0.5, 0.6) is 0 Å². The Morgan fingerprint density at radius 1 is 0.348 bits per heavy atom. The second kappa shape index (κ2) is 15.8. The summed E-state index contributed by atoms with van der Waals surface area (Å²) >= 11 is 1.90. The van der Waals surface area contributed by atoms with Crippen molar-refractivity contribution in [3.63, 3.8) is 0 Å². The maximum Gasteiger partial charge on any atom is 0.155 e. The molecule has 2 heterocycles. The Hall–Kier alpha value is -7.69. The van der Waals surface area contributed by atoms with E-state index in [1.165, 1.54) is 91.4 Å². The second-order valence-corrected chi connectivity index (χ2v) is 20.8. The van der Waals surface area contributed by atoms with Crippen molar-refractivity contribution in [2.75, 3.05) is 4.90 Å². The summed E-state index contributed by atoms with van der Waals surface area (Å²) in [4.78, 5) is 5.10. The summed E-state index contributed by atoms with van der Waals surface area (Å²) in [6.45, 7) is 0. The van der Waals surface area contributed by atoms with Gasteiger partial charge in [0.15, 0.2) is 8.80 Å². The van der Waals surface area contributed by atoms with Crippen LogP contribution in [0.4, 0.5) is 17.1 Å². The normalized spacial score (nSPS) is 13.5. The van der Waals surface area contributed by atoms with Gasteiger partial charge in [0, 0.05) is 26.3 Å². The summed E-state index contributed by atoms with van der Waals surface area (Å²) in [5, 5.41) is 9.17. The first kappa shape index (κ1) is 38.7. The maximum atomic E-state index is 2.58. The summed E-state index contributed by atoms with van der Waals surface area (Å²) in [6.07, 6.45) is 0. The molecule has 0 saturated carbocycles. The van der Waals surface area contributed by atoms with Crippen LogP contribution in [0, 0.1) is 0 Å². The average molecular weight is 873 g/mol. The molecule has 0 bridgehead atoms. The van der Waals surface area contributed by atoms with Crippen LogP contribution in [0.3, 0.4) is 0 Å². The highest BCUT2D eigenvalue weighted by Gasteiger charge is 2.51. The zero-order valence-electron chi connectivity index (χ0n) is 36.1. The van der Waals surface area contributed by atoms with Crippen LogP contribution in [0.15, 0.2) is 265 Å². The van der Waals surface area contributed by atoms with E-state index in [4.69, 9.17) is 0 Å². The molecule has 0 saturated heterocycles. The van der Waals surface area contributed by atoms with Crippen LogP contribution in [-0.4, -0.2) is 8.80 Å². The van der Waals surface area contributed by atoms with E-state index in [0.29, 0.717) is 0 Å². The highest BCUT2D eigenvalue weighted by Crippen LogP contribution is 2.56. The predicted molar refractivity (Wildman–Crippen MR) is 281 cm³/mol. The molecule has 1 spiro atoms. The minimum absolute atomic E-state index is 0.504. The van der Waals surface area contributed by atoms with Gasteiger partial charge in [-0.15, -0.1) is 0 Å². The van der Waals surface area contributed by atoms with E-state index in [1.807, 2.05) is 11.8 Å². The van der Waals surface area contributed by atoms with Gasteiger partial charge in [-0.2, -0.15) is 0 Å². The largest absolute Gasteiger partial charge is 0.309 e. The van der Waals surface area contributed by atoms with E-state index in [2.05, 4.69) is 260 Å². The van der Waals surface area contributed by atoms with Gasteiger partial charge in [0.05, 0.1) is 16.8 Å². The molecule has 309 valence electrons. The number of hydrogen-bond donors (Lipinski definition) is 0. The number of rotatable bonds is 6. The van der Waals surface area contributed by atoms with E-state index in [9.17, 15) is 0 Å². The Bertz CT molecular complexity index is 3590. The molecular weight excluding hydrogens is 831 g/mol. The fraction of sp³-hybridized carbons (Fsp3) is 0.0159. The van der Waals surface area contributed by atoms with Gasteiger partial charge >= 0.3 is 0 Å². The molecule has 0 unspecified atom stereocenters. The van der Waals surface area contributed by atoms with Crippen LogP contribution >= 0.6 is 11.8 Å². The minimum atomic E-state index is -1.39. The molecule has 1 nitrogen and oxygen atoms in total. The molecule has 2 aliphatic heterocycles. The average Bonchev–Trinajstić information content (AvgIpc) is 3.39. The molecule has 0 N–H and O–H groups in total. The molecule has 0 amide bonds. The molecule has 0 aliphatic carbocycles. The van der Waals surface area contributed by atoms with E-state index in [-0.39, 0.29) is 0 Å². The quantitative estimate of drug-likeness (QED) is 0.153. The van der Waals surface area contributed by atoms with Crippen LogP contribution in [0.2, 0.25) is 0 Å². The zero-order valence-corrected chi connectivity index (χ0v) is 37.9. The summed E-state index contributed by atoms with van der Waals surface area (Å²) < 4.78 is 0. The Kier molecular flexibility index (Phi) is 9.26. The number of anilines is 3. The van der Waals surface area contributed by atoms with E-state index in [0.717, 1.165) is 17.1 Å². The van der Waals surface area contributed by atoms with Crippen LogP contribution in [-0.2, 0) is 5.41 Å². The van der Waals surface area contributed by atoms with E-state index < -0.39 is 14.2 Å². The fourth-order valence-electron chi connectivity index (χ4n) is 11.0. The first-order valence-corrected chi connectivity index (χ1v) is 25.1. The molecule has 11 aromatic rings. The Balaban J connectivity index is 1.05. The van der Waals surface area contributed by atoms with Gasteiger partial charge in [0.2, 0.25) is 0 Å². The summed E-state index contributed by atoms with van der Waals surface area (Å²) in [5.74, 6) is 0. The smallest absolute Gasteiger partial charge is 0.155 e. The maximum absolute atomic E-state index is 2.58. The number of benzene rings is 11. The first-order chi connectivity index (χ1) is 32.8. The Morgan fingerprint density at radius 3 is 1.65 bits per heavy atom. The van der Waals surface area contributed by atoms with Crippen molar-refractivity contribution >= 4 is 74.7 Å². The molecule has 3 heteroatoms. The standard InChI is InChI=1S/C63H42NSSi/c1-3-18-43(19-4-1)44-34-37-47(38-35-44)64(57-30-17-21-45-20-7-8-24-50(45)57)58-40-39-49(51-25-9-10-26-52(51)58)46-36-41-62-56(42-46)63(53-27-11-14-31-59(53)65-60-32-15-12-28-54(60)63)55-29-13-16-33-61(55)66(62)48-22-5-2-6-23-48/h1-42H. The third-order valence-electron chi connectivity index (χ3n) is 13.9. The predicted octanol–water partition coefficient (Wildman–Crippen LogP) is 14.5. The molecular formula is C63H42NSSi. The molecule has 13 rings (SSSR count). The number of hydrogen-bond acceptors (Lipinski definition) is 2. The van der Waals surface area contributed by atoms with Crippen LogP contribution in [0.1, 0.15) is 22.3 Å². The first-order valence-electron chi connectivity index (χ1n) is 22.8. The highest BCUT2D eigenvalue weighted by molar-refractivity contribution is 7.99. The van der Waals surface area contributed by atoms with Gasteiger partial charge in [-0.05, 0) is 108 Å². The minimum Gasteiger partial charge on any atom is -0.309 e. The van der Waals surface area contributed by atoms with Crippen molar-refractivity contribution in [2.24, 2.45) is 0 Å². The van der Waals surface area contributed by atoms with Gasteiger partial charge in [0.1, 0.15) is 0 Å². The number of nitrogens with zero attached hydrogens (tertiary/aromatic N) is 1. The van der Waals surface area contributed by atoms with Gasteiger partial charge in [-0.3, -0.25) is 0 Å². The van der Waals surface area contributed by atoms with Gasteiger partial charge < -0.3 is 4.90 Å². The molecule has 1 radical (unpaired) electrons. The summed E-state index contributed by atoms with van der Waals surface area (Å²) in [7, 11) is -1.39. The van der Waals surface area contributed by atoms with Crippen LogP contribution in [0.25, 0.3) is 43.8 Å². The van der Waals surface area contributed by atoms with E-state index >= 15 is 0 Å². The summed E-state index contributed by atoms with van der Waals surface area (Å²) in [5.41, 5.74) is 13.3. The van der Waals surface area contributed by atoms with Crippen molar-refractivity contribution in [1.82, 2.24) is 0 Å². The van der Waals surface area contributed by atoms with Crippen molar-refractivity contribution < 1.29 is 0 Å². The fourth-order valence-corrected chi connectivity index (χ4v) is 15.2. The molecule has 0 aromatic heterocycles. The Labute approximate surface area is 391 Å². The lowest BCUT2D eigenvalue weighted by Crippen LogP contribution is -2.62. The van der Waals surface area contributed by atoms with Gasteiger partial charge in [-0.25, -0.2) is 0 Å². The van der Waals surface area contributed by atoms with Gasteiger partial charge in [0.25, 0.3) is 0 Å². The molecule has 2 aliphatic rings. The number of fused-ring (bicyclic) bond motifs is 10. The lowest BCUT2D eigenvalue weighted by Gasteiger charge is -2.48. The third-order valence-corrected chi connectivity index (χ3v) is 17.9. The lowest BCUT2D eigenvalue weighted by atomic mass is 9.64. The van der Waals surface area contributed by atoms with Crippen molar-refractivity contribution in [3.8, 4) is 22.3 Å². The molecule has 11 aromatic carbocycles. The van der Waals surface area contributed by atoms with Crippen molar-refractivity contribution in [3.05, 3.63) is 277 Å². The van der Waals surface area contributed by atoms with Crippen molar-refractivity contribution in [2.45, 2.75) is 15.2 Å². The van der Waals surface area contributed by atoms with E-state index in [1.54, 1.807) is 0 Å². The zero-order chi connectivity index (χ0) is 43.6. The molecule has 66 heavy (non-hydrogen) atoms. The second-order valence-electron chi connectivity index (χ2n) is 17.3. The van der Waals surface area contributed by atoms with Crippen molar-refractivity contribution in [1.29, 1.82) is 0 Å². The monoisotopic (exact) mass is 872 g/mol. The third kappa shape index (κ3) is 6.01. The summed E-state index contributed by atoms with van der Waals surface area (Å²) in [6, 6.07) is 95.3.